The van der Waals surface area contributed by atoms with E-state index in [1.807, 2.05) is 0 Å². The molecule has 0 aliphatic carbocycles. The van der Waals surface area contributed by atoms with E-state index in [0.717, 1.165) is 0 Å². The second-order valence-electron chi connectivity index (χ2n) is 4.93. The van der Waals surface area contributed by atoms with Crippen LogP contribution in [0.1, 0.15) is 33.1 Å². The molecule has 9 nitrogen and oxygen atoms in total. The molecule has 0 radical (unpaired) electrons. The van der Waals surface area contributed by atoms with Crippen LogP contribution in [0.15, 0.2) is 0 Å². The number of hydrogen-bond donors (Lipinski definition) is 5. The summed E-state index contributed by atoms with van der Waals surface area (Å²) in [6.07, 6.45) is 0.985. The molecule has 0 saturated carbocycles. The van der Waals surface area contributed by atoms with Crippen LogP contribution in [-0.4, -0.2) is 48.8 Å². The highest BCUT2D eigenvalue weighted by Gasteiger charge is 2.21. The number of hydrogen-bond acceptors (Lipinski definition) is 5. The van der Waals surface area contributed by atoms with Gasteiger partial charge in [-0.3, -0.25) is 14.4 Å². The van der Waals surface area contributed by atoms with Crippen LogP contribution >= 0.6 is 0 Å². The molecule has 126 valence electrons. The van der Waals surface area contributed by atoms with E-state index < -0.39 is 24.0 Å². The number of carbonyl (C=O) groups is 4. The maximum absolute atomic E-state index is 11.9. The van der Waals surface area contributed by atoms with Crippen molar-refractivity contribution in [2.75, 3.05) is 13.1 Å². The molecule has 22 heavy (non-hydrogen) atoms. The Kier molecular flexibility index (Phi) is 9.51. The van der Waals surface area contributed by atoms with Gasteiger partial charge in [-0.25, -0.2) is 4.79 Å². The highest BCUT2D eigenvalue weighted by atomic mass is 16.2. The number of urea groups is 1. The maximum atomic E-state index is 11.9. The van der Waals surface area contributed by atoms with Crippen molar-refractivity contribution in [2.45, 2.75) is 45.2 Å². The van der Waals surface area contributed by atoms with Crippen molar-refractivity contribution in [3.8, 4) is 0 Å². The van der Waals surface area contributed by atoms with Gasteiger partial charge in [-0.1, -0.05) is 0 Å². The van der Waals surface area contributed by atoms with Crippen molar-refractivity contribution in [2.24, 2.45) is 11.5 Å². The monoisotopic (exact) mass is 315 g/mol. The molecule has 0 aliphatic heterocycles. The summed E-state index contributed by atoms with van der Waals surface area (Å²) < 4.78 is 0. The molecule has 0 aliphatic rings. The standard InChI is InChI=1S/C13H25N5O4/c1-8(17-11(20)5-6-14)12(21)18-10(9(2)19)4-3-7-16-13(15)22/h8,10H,3-7,14H2,1-2H3,(H,17,20)(H,18,21)(H3,15,16,22)/t8-,10-/m0/s1. The fourth-order valence-corrected chi connectivity index (χ4v) is 1.70. The topological polar surface area (TPSA) is 156 Å². The number of nitrogens with two attached hydrogens (primary N) is 2. The summed E-state index contributed by atoms with van der Waals surface area (Å²) in [6.45, 7) is 3.40. The van der Waals surface area contributed by atoms with Crippen LogP contribution in [0.5, 0.6) is 0 Å². The number of nitrogens with one attached hydrogen (secondary N) is 3. The summed E-state index contributed by atoms with van der Waals surface area (Å²) in [5, 5.41) is 7.47. The SMILES string of the molecule is CC(=O)[C@H](CCCNC(N)=O)NC(=O)[C@H](C)NC(=O)CCN. The third kappa shape index (κ3) is 8.90. The molecule has 0 fully saturated rings. The second kappa shape index (κ2) is 10.6. The number of primary amides is 1. The molecular formula is C13H25N5O4. The average molecular weight is 315 g/mol. The van der Waals surface area contributed by atoms with Crippen molar-refractivity contribution in [3.05, 3.63) is 0 Å². The Bertz CT molecular complexity index is 413. The molecule has 0 rings (SSSR count). The molecule has 4 amide bonds. The Labute approximate surface area is 129 Å². The van der Waals surface area contributed by atoms with Crippen LogP contribution in [0, 0.1) is 0 Å². The van der Waals surface area contributed by atoms with Crippen LogP contribution in [0.2, 0.25) is 0 Å². The Balaban J connectivity index is 4.30. The zero-order valence-corrected chi connectivity index (χ0v) is 13.0. The molecule has 0 bridgehead atoms. The van der Waals surface area contributed by atoms with Gasteiger partial charge >= 0.3 is 6.03 Å². The fourth-order valence-electron chi connectivity index (χ4n) is 1.70. The Hall–Kier alpha value is -2.16. The van der Waals surface area contributed by atoms with Gasteiger partial charge in [0.15, 0.2) is 5.78 Å². The Morgan fingerprint density at radius 3 is 2.27 bits per heavy atom. The molecule has 7 N–H and O–H groups in total. The molecule has 2 atom stereocenters. The Morgan fingerprint density at radius 1 is 1.14 bits per heavy atom. The van der Waals surface area contributed by atoms with Gasteiger partial charge in [0.25, 0.3) is 0 Å². The maximum Gasteiger partial charge on any atom is 0.312 e. The lowest BCUT2D eigenvalue weighted by Gasteiger charge is -2.19. The molecule has 0 spiro atoms. The number of rotatable bonds is 10. The molecule has 0 aromatic rings. The second-order valence-corrected chi connectivity index (χ2v) is 4.93. The average Bonchev–Trinajstić information content (AvgIpc) is 2.41. The number of carbonyl (C=O) groups excluding carboxylic acids is 4. The highest BCUT2D eigenvalue weighted by Crippen LogP contribution is 1.99. The largest absolute Gasteiger partial charge is 0.352 e. The van der Waals surface area contributed by atoms with Gasteiger partial charge in [0.2, 0.25) is 11.8 Å². The van der Waals surface area contributed by atoms with Crippen LogP contribution in [0.4, 0.5) is 4.79 Å². The smallest absolute Gasteiger partial charge is 0.312 e. The van der Waals surface area contributed by atoms with Gasteiger partial charge in [-0.2, -0.15) is 0 Å². The van der Waals surface area contributed by atoms with E-state index in [2.05, 4.69) is 16.0 Å². The summed E-state index contributed by atoms with van der Waals surface area (Å²) in [4.78, 5) is 45.4. The van der Waals surface area contributed by atoms with Gasteiger partial charge in [-0.15, -0.1) is 0 Å². The van der Waals surface area contributed by atoms with Crippen molar-refractivity contribution in [3.63, 3.8) is 0 Å². The summed E-state index contributed by atoms with van der Waals surface area (Å²) in [5.74, 6) is -0.975. The van der Waals surface area contributed by atoms with Gasteiger partial charge in [0, 0.05) is 19.5 Å². The summed E-state index contributed by atoms with van der Waals surface area (Å²) >= 11 is 0. The van der Waals surface area contributed by atoms with E-state index in [4.69, 9.17) is 11.5 Å². The third-order valence-electron chi connectivity index (χ3n) is 2.92. The number of Topliss-reactive ketones (excluding diaryl/α,β-unsaturated/α-hetero) is 1. The van der Waals surface area contributed by atoms with E-state index in [0.29, 0.717) is 19.4 Å². The van der Waals surface area contributed by atoms with Crippen molar-refractivity contribution >= 4 is 23.6 Å². The van der Waals surface area contributed by atoms with Crippen LogP contribution < -0.4 is 27.4 Å². The minimum Gasteiger partial charge on any atom is -0.352 e. The minimum atomic E-state index is -0.760. The van der Waals surface area contributed by atoms with Gasteiger partial charge in [0.05, 0.1) is 6.04 Å². The predicted molar refractivity (Wildman–Crippen MR) is 80.7 cm³/mol. The first kappa shape index (κ1) is 19.8. The zero-order valence-electron chi connectivity index (χ0n) is 13.0. The highest BCUT2D eigenvalue weighted by molar-refractivity contribution is 5.91. The normalized spacial score (nSPS) is 12.9. The van der Waals surface area contributed by atoms with Gasteiger partial charge in [0.1, 0.15) is 6.04 Å². The van der Waals surface area contributed by atoms with E-state index in [9.17, 15) is 19.2 Å². The summed E-state index contributed by atoms with van der Waals surface area (Å²) in [6, 6.07) is -2.07. The van der Waals surface area contributed by atoms with Gasteiger partial charge < -0.3 is 27.4 Å². The van der Waals surface area contributed by atoms with Crippen molar-refractivity contribution in [1.82, 2.24) is 16.0 Å². The van der Waals surface area contributed by atoms with Crippen LogP contribution in [0.25, 0.3) is 0 Å². The first-order valence-electron chi connectivity index (χ1n) is 7.11. The fraction of sp³-hybridized carbons (Fsp3) is 0.692. The predicted octanol–water partition coefficient (Wildman–Crippen LogP) is -1.64. The lowest BCUT2D eigenvalue weighted by Crippen LogP contribution is -2.50. The first-order valence-corrected chi connectivity index (χ1v) is 7.11. The van der Waals surface area contributed by atoms with Crippen LogP contribution in [-0.2, 0) is 14.4 Å². The Morgan fingerprint density at radius 2 is 1.77 bits per heavy atom. The van der Waals surface area contributed by atoms with Crippen LogP contribution in [0.3, 0.4) is 0 Å². The third-order valence-corrected chi connectivity index (χ3v) is 2.92. The van der Waals surface area contributed by atoms with E-state index in [-0.39, 0.29) is 24.7 Å². The zero-order chi connectivity index (χ0) is 17.1. The summed E-state index contributed by atoms with van der Waals surface area (Å²) in [7, 11) is 0. The molecule has 0 heterocycles. The first-order chi connectivity index (χ1) is 10.3. The molecule has 0 saturated heterocycles. The molecule has 0 aromatic heterocycles. The lowest BCUT2D eigenvalue weighted by molar-refractivity contribution is -0.130. The molecule has 9 heteroatoms. The number of ketones is 1. The van der Waals surface area contributed by atoms with Gasteiger partial charge in [-0.05, 0) is 26.7 Å². The van der Waals surface area contributed by atoms with E-state index in [1.54, 1.807) is 0 Å². The summed E-state index contributed by atoms with van der Waals surface area (Å²) in [5.41, 5.74) is 10.2. The molecule has 0 aromatic carbocycles. The molecule has 0 unspecified atom stereocenters. The van der Waals surface area contributed by atoms with Crippen molar-refractivity contribution in [1.29, 1.82) is 0 Å². The molecular weight excluding hydrogens is 290 g/mol. The minimum absolute atomic E-state index is 0.131. The van der Waals surface area contributed by atoms with E-state index >= 15 is 0 Å². The number of amides is 4. The van der Waals surface area contributed by atoms with Crippen molar-refractivity contribution < 1.29 is 19.2 Å². The van der Waals surface area contributed by atoms with E-state index in [1.165, 1.54) is 13.8 Å². The lowest BCUT2D eigenvalue weighted by atomic mass is 10.1. The quantitative estimate of drug-likeness (QED) is 0.306.